The first-order valence-corrected chi connectivity index (χ1v) is 8.65. The van der Waals surface area contributed by atoms with E-state index in [9.17, 15) is 18.0 Å². The molecule has 6 nitrogen and oxygen atoms in total. The van der Waals surface area contributed by atoms with Crippen molar-refractivity contribution in [2.45, 2.75) is 17.9 Å². The lowest BCUT2D eigenvalue weighted by atomic mass is 10.3. The number of ether oxygens (including phenoxy) is 1. The fourth-order valence-electron chi connectivity index (χ4n) is 1.37. The van der Waals surface area contributed by atoms with Gasteiger partial charge in [-0.25, -0.2) is 13.2 Å². The molecule has 1 aromatic rings. The molecule has 0 unspecified atom stereocenters. The number of hydrogen-bond acceptors (Lipinski definition) is 6. The van der Waals surface area contributed by atoms with Crippen molar-refractivity contribution in [1.29, 1.82) is 0 Å². The van der Waals surface area contributed by atoms with E-state index in [-0.39, 0.29) is 10.6 Å². The van der Waals surface area contributed by atoms with Crippen LogP contribution in [0.4, 0.5) is 0 Å². The first kappa shape index (κ1) is 16.5. The minimum atomic E-state index is -3.58. The Hall–Kier alpha value is -1.54. The predicted molar refractivity (Wildman–Crippen MR) is 75.7 cm³/mol. The molecule has 20 heavy (non-hydrogen) atoms. The molecule has 8 heteroatoms. The summed E-state index contributed by atoms with van der Waals surface area (Å²) in [4.78, 5) is 22.6. The third kappa shape index (κ3) is 4.86. The van der Waals surface area contributed by atoms with Crippen molar-refractivity contribution in [3.05, 3.63) is 30.3 Å². The Bertz CT molecular complexity index is 571. The van der Waals surface area contributed by atoms with Crippen molar-refractivity contribution < 1.29 is 22.7 Å². The minimum Gasteiger partial charge on any atom is -0.467 e. The maximum atomic E-state index is 12.0. The molecule has 0 aliphatic rings. The average Bonchev–Trinajstić information content (AvgIpc) is 2.43. The van der Waals surface area contributed by atoms with Crippen LogP contribution in [-0.4, -0.2) is 39.2 Å². The molecule has 0 aromatic heterocycles. The number of rotatable bonds is 6. The second kappa shape index (κ2) is 7.30. The van der Waals surface area contributed by atoms with Gasteiger partial charge in [0.05, 0.1) is 12.0 Å². The Morgan fingerprint density at radius 2 is 1.90 bits per heavy atom. The van der Waals surface area contributed by atoms with Crippen molar-refractivity contribution in [1.82, 2.24) is 5.32 Å². The quantitative estimate of drug-likeness (QED) is 0.616. The zero-order valence-electron chi connectivity index (χ0n) is 11.0. The molecule has 0 bridgehead atoms. The lowest BCUT2D eigenvalue weighted by Gasteiger charge is -2.14. The standard InChI is InChI=1S/C12H15NO5S2/c1-9(14)13-11(12(15)18-2)8-19-20(16,17)10-6-4-3-5-7-10/h3-7,11H,8H2,1-2H3,(H,13,14)/t11-/m0/s1. The summed E-state index contributed by atoms with van der Waals surface area (Å²) in [5, 5.41) is 2.36. The number of amides is 1. The van der Waals surface area contributed by atoms with Crippen LogP contribution in [0.3, 0.4) is 0 Å². The number of hydrogen-bond donors (Lipinski definition) is 1. The molecular weight excluding hydrogens is 302 g/mol. The molecule has 0 heterocycles. The van der Waals surface area contributed by atoms with Crippen LogP contribution in [0.25, 0.3) is 0 Å². The summed E-state index contributed by atoms with van der Waals surface area (Å²) in [6, 6.07) is 6.86. The van der Waals surface area contributed by atoms with Crippen LogP contribution in [0, 0.1) is 0 Å². The maximum absolute atomic E-state index is 12.0. The smallest absolute Gasteiger partial charge is 0.329 e. The Balaban J connectivity index is 2.76. The molecular formula is C12H15NO5S2. The maximum Gasteiger partial charge on any atom is 0.329 e. The molecule has 110 valence electrons. The van der Waals surface area contributed by atoms with Crippen molar-refractivity contribution in [3.8, 4) is 0 Å². The fraction of sp³-hybridized carbons (Fsp3) is 0.333. The Morgan fingerprint density at radius 3 is 2.40 bits per heavy atom. The zero-order chi connectivity index (χ0) is 15.2. The average molecular weight is 317 g/mol. The number of carbonyl (C=O) groups is 2. The molecule has 0 fully saturated rings. The van der Waals surface area contributed by atoms with Gasteiger partial charge in [-0.15, -0.1) is 0 Å². The van der Waals surface area contributed by atoms with Gasteiger partial charge >= 0.3 is 5.97 Å². The van der Waals surface area contributed by atoms with Gasteiger partial charge < -0.3 is 10.1 Å². The SMILES string of the molecule is COC(=O)[C@H](CSS(=O)(=O)c1ccccc1)NC(C)=O. The van der Waals surface area contributed by atoms with Crippen LogP contribution in [0.5, 0.6) is 0 Å². The Kier molecular flexibility index (Phi) is 6.03. The second-order valence-electron chi connectivity index (χ2n) is 3.83. The van der Waals surface area contributed by atoms with Gasteiger partial charge in [-0.3, -0.25) is 4.79 Å². The van der Waals surface area contributed by atoms with E-state index < -0.39 is 26.8 Å². The number of esters is 1. The molecule has 0 saturated carbocycles. The van der Waals surface area contributed by atoms with Crippen molar-refractivity contribution >= 4 is 31.5 Å². The van der Waals surface area contributed by atoms with Crippen molar-refractivity contribution in [2.75, 3.05) is 12.9 Å². The van der Waals surface area contributed by atoms with Crippen LogP contribution in [0.1, 0.15) is 6.92 Å². The second-order valence-corrected chi connectivity index (χ2v) is 7.80. The minimum absolute atomic E-state index is 0.122. The molecule has 0 aliphatic carbocycles. The Morgan fingerprint density at radius 1 is 1.30 bits per heavy atom. The zero-order valence-corrected chi connectivity index (χ0v) is 12.7. The van der Waals surface area contributed by atoms with Gasteiger partial charge in [-0.2, -0.15) is 0 Å². The summed E-state index contributed by atoms with van der Waals surface area (Å²) in [5.74, 6) is -1.24. The third-order valence-corrected chi connectivity index (χ3v) is 5.83. The lowest BCUT2D eigenvalue weighted by molar-refractivity contribution is -0.144. The topological polar surface area (TPSA) is 89.5 Å². The molecule has 0 aliphatic heterocycles. The Labute approximate surface area is 121 Å². The highest BCUT2D eigenvalue weighted by molar-refractivity contribution is 8.72. The van der Waals surface area contributed by atoms with Gasteiger partial charge in [-0.05, 0) is 22.9 Å². The van der Waals surface area contributed by atoms with E-state index in [0.717, 1.165) is 0 Å². The highest BCUT2D eigenvalue weighted by Gasteiger charge is 2.24. The normalized spacial score (nSPS) is 12.5. The predicted octanol–water partition coefficient (Wildman–Crippen LogP) is 0.786. The van der Waals surface area contributed by atoms with E-state index in [1.54, 1.807) is 18.2 Å². The van der Waals surface area contributed by atoms with Crippen LogP contribution >= 0.6 is 10.8 Å². The highest BCUT2D eigenvalue weighted by atomic mass is 33.1. The van der Waals surface area contributed by atoms with Gasteiger partial charge in [0.15, 0.2) is 0 Å². The summed E-state index contributed by atoms with van der Waals surface area (Å²) < 4.78 is 28.6. The van der Waals surface area contributed by atoms with Crippen LogP contribution in [-0.2, 0) is 23.2 Å². The molecule has 0 saturated heterocycles. The van der Waals surface area contributed by atoms with E-state index in [1.165, 1.54) is 26.2 Å². The van der Waals surface area contributed by atoms with Gasteiger partial charge in [-0.1, -0.05) is 18.2 Å². The number of methoxy groups -OCH3 is 1. The fourth-order valence-corrected chi connectivity index (χ4v) is 4.22. The summed E-state index contributed by atoms with van der Waals surface area (Å²) in [6.45, 7) is 1.24. The molecule has 0 radical (unpaired) electrons. The van der Waals surface area contributed by atoms with Gasteiger partial charge in [0.25, 0.3) is 0 Å². The molecule has 1 atom stereocenters. The first-order chi connectivity index (χ1) is 9.36. The monoisotopic (exact) mass is 317 g/mol. The van der Waals surface area contributed by atoms with Gasteiger partial charge in [0, 0.05) is 12.7 Å². The molecule has 1 N–H and O–H groups in total. The number of carbonyl (C=O) groups excluding carboxylic acids is 2. The molecule has 1 amide bonds. The van der Waals surface area contributed by atoms with E-state index in [2.05, 4.69) is 10.1 Å². The summed E-state index contributed by atoms with van der Waals surface area (Å²) in [5.41, 5.74) is 0. The van der Waals surface area contributed by atoms with E-state index in [1.807, 2.05) is 0 Å². The lowest BCUT2D eigenvalue weighted by Crippen LogP contribution is -2.42. The number of benzene rings is 1. The van der Waals surface area contributed by atoms with Gasteiger partial charge in [0.1, 0.15) is 6.04 Å². The van der Waals surface area contributed by atoms with Gasteiger partial charge in [0.2, 0.25) is 14.8 Å². The van der Waals surface area contributed by atoms with Crippen molar-refractivity contribution in [2.24, 2.45) is 0 Å². The highest BCUT2D eigenvalue weighted by Crippen LogP contribution is 2.23. The largest absolute Gasteiger partial charge is 0.467 e. The first-order valence-electron chi connectivity index (χ1n) is 5.66. The van der Waals surface area contributed by atoms with E-state index in [0.29, 0.717) is 10.8 Å². The van der Waals surface area contributed by atoms with Crippen molar-refractivity contribution in [3.63, 3.8) is 0 Å². The molecule has 1 aromatic carbocycles. The molecule has 1 rings (SSSR count). The summed E-state index contributed by atoms with van der Waals surface area (Å²) >= 11 is 0. The van der Waals surface area contributed by atoms with E-state index >= 15 is 0 Å². The van der Waals surface area contributed by atoms with Crippen LogP contribution < -0.4 is 5.32 Å². The van der Waals surface area contributed by atoms with Crippen LogP contribution in [0.2, 0.25) is 0 Å². The summed E-state index contributed by atoms with van der Waals surface area (Å²) in [6.07, 6.45) is 0. The summed E-state index contributed by atoms with van der Waals surface area (Å²) in [7, 11) is -1.82. The van der Waals surface area contributed by atoms with Crippen LogP contribution in [0.15, 0.2) is 35.2 Å². The third-order valence-electron chi connectivity index (χ3n) is 2.28. The number of nitrogens with one attached hydrogen (secondary N) is 1. The van der Waals surface area contributed by atoms with E-state index in [4.69, 9.17) is 0 Å². The molecule has 0 spiro atoms.